The summed E-state index contributed by atoms with van der Waals surface area (Å²) in [5.74, 6) is 0. The van der Waals surface area contributed by atoms with E-state index in [4.69, 9.17) is 48.1 Å². The average Bonchev–Trinajstić information content (AvgIpc) is 1.41. The quantitative estimate of drug-likeness (QED) is 0.175. The van der Waals surface area contributed by atoms with Crippen LogP contribution in [0.4, 0.5) is 0 Å². The van der Waals surface area contributed by atoms with E-state index in [9.17, 15) is 0 Å². The Labute approximate surface area is 122 Å². The first-order valence-electron chi connectivity index (χ1n) is 2.10. The molecule has 0 aromatic heterocycles. The zero-order valence-corrected chi connectivity index (χ0v) is 15.0. The SMILES string of the molecule is O=[Se](=O)(O)O.O=[Se](=O)(O)O.O=[Se](=O)(O)O.[Al].[Al]. The maximum atomic E-state index is 8.82. The van der Waals surface area contributed by atoms with Crippen LogP contribution in [0.1, 0.15) is 0 Å². The zero-order valence-electron chi connectivity index (χ0n) is 7.51. The standard InChI is InChI=1S/2Al.3H2O4Se/c;;3*1-5(2,3)4/h;;3*(H2,1,2,3,4). The molecule has 0 rings (SSSR count). The second-order valence-corrected chi connectivity index (χ2v) is 6.98. The minimum absolute atomic E-state index is 0. The van der Waals surface area contributed by atoms with Crippen molar-refractivity contribution < 1.29 is 48.1 Å². The van der Waals surface area contributed by atoms with E-state index in [1.165, 1.54) is 0 Å². The van der Waals surface area contributed by atoms with E-state index in [-0.39, 0.29) is 34.7 Å². The largest absolute Gasteiger partial charge is 0 e. The molecule has 102 valence electrons. The van der Waals surface area contributed by atoms with E-state index < -0.39 is 40.1 Å². The molecule has 0 spiro atoms. The van der Waals surface area contributed by atoms with Crippen LogP contribution in [0.2, 0.25) is 0 Å². The number of rotatable bonds is 0. The molecular weight excluding hydrogens is 483 g/mol. The Kier molecular flexibility index (Phi) is 22.2. The first-order chi connectivity index (χ1) is 6.00. The van der Waals surface area contributed by atoms with Crippen molar-refractivity contribution in [3.63, 3.8) is 0 Å². The monoisotopic (exact) mass is 492 g/mol. The molecule has 0 saturated carbocycles. The van der Waals surface area contributed by atoms with E-state index in [1.807, 2.05) is 0 Å². The van der Waals surface area contributed by atoms with Crippen LogP contribution in [0.15, 0.2) is 0 Å². The smallest absolute Gasteiger partial charge is 0 e. The van der Waals surface area contributed by atoms with Crippen molar-refractivity contribution in [2.45, 2.75) is 0 Å². The van der Waals surface area contributed by atoms with Crippen LogP contribution in [0.5, 0.6) is 0 Å². The zero-order chi connectivity index (χ0) is 13.5. The van der Waals surface area contributed by atoms with Gasteiger partial charge in [0.2, 0.25) is 0 Å². The average molecular weight is 489 g/mol. The van der Waals surface area contributed by atoms with Gasteiger partial charge in [-0.25, -0.2) is 0 Å². The molecule has 0 bridgehead atoms. The van der Waals surface area contributed by atoms with E-state index in [1.54, 1.807) is 0 Å². The molecule has 0 aliphatic heterocycles. The number of hydrogen-bond acceptors (Lipinski definition) is 6. The third-order valence-corrected chi connectivity index (χ3v) is 0. The molecule has 0 amide bonds. The fourth-order valence-corrected chi connectivity index (χ4v) is 0. The van der Waals surface area contributed by atoms with E-state index >= 15 is 0 Å². The van der Waals surface area contributed by atoms with E-state index in [2.05, 4.69) is 0 Å². The van der Waals surface area contributed by atoms with Gasteiger partial charge in [0.15, 0.2) is 0 Å². The molecule has 12 nitrogen and oxygen atoms in total. The van der Waals surface area contributed by atoms with Crippen LogP contribution in [0.25, 0.3) is 0 Å². The summed E-state index contributed by atoms with van der Waals surface area (Å²) >= 11 is -15.8. The van der Waals surface area contributed by atoms with Gasteiger partial charge in [0.25, 0.3) is 0 Å². The first kappa shape index (κ1) is 30.9. The van der Waals surface area contributed by atoms with E-state index in [0.717, 1.165) is 0 Å². The van der Waals surface area contributed by atoms with Gasteiger partial charge in [0, 0.05) is 34.7 Å². The fourth-order valence-electron chi connectivity index (χ4n) is 0. The summed E-state index contributed by atoms with van der Waals surface area (Å²) in [5.41, 5.74) is 0. The Balaban J connectivity index is -0.0000000400. The van der Waals surface area contributed by atoms with Gasteiger partial charge in [0.1, 0.15) is 0 Å². The molecule has 17 heavy (non-hydrogen) atoms. The van der Waals surface area contributed by atoms with Crippen LogP contribution in [0, 0.1) is 0 Å². The normalized spacial score (nSPS) is 10.2. The predicted molar refractivity (Wildman–Crippen MR) is 46.2 cm³/mol. The van der Waals surface area contributed by atoms with Gasteiger partial charge < -0.3 is 0 Å². The summed E-state index contributed by atoms with van der Waals surface area (Å²) in [6, 6.07) is 0. The molecule has 6 radical (unpaired) electrons. The molecule has 6 N–H and O–H groups in total. The van der Waals surface area contributed by atoms with Crippen molar-refractivity contribution >= 4 is 74.8 Å². The van der Waals surface area contributed by atoms with Crippen molar-refractivity contribution in [3.8, 4) is 0 Å². The second kappa shape index (κ2) is 12.2. The summed E-state index contributed by atoms with van der Waals surface area (Å²) in [4.78, 5) is 0. The third kappa shape index (κ3) is 2830. The van der Waals surface area contributed by atoms with Crippen molar-refractivity contribution in [1.82, 2.24) is 0 Å². The molecule has 0 aliphatic rings. The molecule has 0 aliphatic carbocycles. The molecular formula is H6Al2O12Se3. The molecule has 0 fully saturated rings. The first-order valence-corrected chi connectivity index (χ1v) is 10.9. The van der Waals surface area contributed by atoms with Gasteiger partial charge in [-0.1, -0.05) is 0 Å². The van der Waals surface area contributed by atoms with Gasteiger partial charge in [-0.15, -0.1) is 0 Å². The molecule has 0 heterocycles. The number of hydrogen-bond donors (Lipinski definition) is 6. The fraction of sp³-hybridized carbons (Fsp3) is 0. The van der Waals surface area contributed by atoms with Crippen LogP contribution in [-0.2, 0) is 23.0 Å². The minimum atomic E-state index is -5.25. The van der Waals surface area contributed by atoms with Crippen LogP contribution in [-0.4, -0.2) is 100.0 Å². The minimum Gasteiger partial charge on any atom is 0 e. The third-order valence-electron chi connectivity index (χ3n) is 0. The van der Waals surface area contributed by atoms with Crippen molar-refractivity contribution in [3.05, 3.63) is 0 Å². The Hall–Kier alpha value is 1.18. The molecule has 0 saturated heterocycles. The Morgan fingerprint density at radius 1 is 0.412 bits per heavy atom. The van der Waals surface area contributed by atoms with Gasteiger partial charge in [-0.2, -0.15) is 0 Å². The predicted octanol–water partition coefficient (Wildman–Crippen LogP) is -5.96. The topological polar surface area (TPSA) is 224 Å². The molecule has 0 aromatic carbocycles. The van der Waals surface area contributed by atoms with Gasteiger partial charge >= 0.3 is 88.2 Å². The Bertz CT molecular complexity index is 341. The van der Waals surface area contributed by atoms with Crippen LogP contribution < -0.4 is 0 Å². The molecule has 0 atom stereocenters. The second-order valence-electron chi connectivity index (χ2n) is 1.34. The Morgan fingerprint density at radius 3 is 0.412 bits per heavy atom. The maximum absolute atomic E-state index is 8.82. The summed E-state index contributed by atoms with van der Waals surface area (Å²) in [7, 11) is 0. The summed E-state index contributed by atoms with van der Waals surface area (Å²) in [6.45, 7) is 0. The Morgan fingerprint density at radius 2 is 0.412 bits per heavy atom. The van der Waals surface area contributed by atoms with Gasteiger partial charge in [0.05, 0.1) is 0 Å². The maximum Gasteiger partial charge on any atom is 0 e. The van der Waals surface area contributed by atoms with Crippen molar-refractivity contribution in [2.24, 2.45) is 0 Å². The summed E-state index contributed by atoms with van der Waals surface area (Å²) < 4.78 is 95.6. The molecule has 0 aromatic rings. The van der Waals surface area contributed by atoms with Gasteiger partial charge in [-0.05, 0) is 0 Å². The molecule has 0 unspecified atom stereocenters. The summed E-state index contributed by atoms with van der Waals surface area (Å²) in [6.07, 6.45) is 0. The molecule has 17 heteroatoms. The van der Waals surface area contributed by atoms with Crippen LogP contribution >= 0.6 is 0 Å². The van der Waals surface area contributed by atoms with Crippen molar-refractivity contribution in [2.75, 3.05) is 0 Å². The summed E-state index contributed by atoms with van der Waals surface area (Å²) in [5, 5.41) is 0. The van der Waals surface area contributed by atoms with Crippen LogP contribution in [0.3, 0.4) is 0 Å². The van der Waals surface area contributed by atoms with Crippen molar-refractivity contribution in [1.29, 1.82) is 0 Å². The van der Waals surface area contributed by atoms with Gasteiger partial charge in [-0.3, -0.25) is 0 Å². The van der Waals surface area contributed by atoms with E-state index in [0.29, 0.717) is 0 Å².